The second-order valence-electron chi connectivity index (χ2n) is 4.94. The summed E-state index contributed by atoms with van der Waals surface area (Å²) < 4.78 is 9.10. The van der Waals surface area contributed by atoms with E-state index in [1.54, 1.807) is 25.1 Å². The maximum Gasteiger partial charge on any atom is 0.338 e. The van der Waals surface area contributed by atoms with E-state index < -0.39 is 5.97 Å². The lowest BCUT2D eigenvalue weighted by Gasteiger charge is -2.01. The molecule has 2 heterocycles. The number of ether oxygens (including phenoxy) is 2. The van der Waals surface area contributed by atoms with Gasteiger partial charge in [0.2, 0.25) is 0 Å². The van der Waals surface area contributed by atoms with Gasteiger partial charge in [0.15, 0.2) is 0 Å². The summed E-state index contributed by atoms with van der Waals surface area (Å²) in [6.45, 7) is 5.46. The molecule has 0 unspecified atom stereocenters. The third-order valence-corrected chi connectivity index (χ3v) is 3.04. The van der Waals surface area contributed by atoms with Crippen LogP contribution in [0.3, 0.4) is 0 Å². The number of esters is 2. The minimum atomic E-state index is -0.401. The summed E-state index contributed by atoms with van der Waals surface area (Å²) in [7, 11) is 2.69. The number of methoxy groups -OCH3 is 2. The Kier molecular flexibility index (Phi) is 7.32. The molecule has 0 fully saturated rings. The second kappa shape index (κ2) is 8.98. The van der Waals surface area contributed by atoms with E-state index in [-0.39, 0.29) is 5.97 Å². The monoisotopic (exact) mass is 350 g/mol. The van der Waals surface area contributed by atoms with E-state index in [1.807, 2.05) is 13.8 Å². The van der Waals surface area contributed by atoms with Gasteiger partial charge in [-0.2, -0.15) is 0 Å². The molecular weight excluding hydrogens is 332 g/mol. The molecule has 0 spiro atoms. The maximum absolute atomic E-state index is 11.1. The van der Waals surface area contributed by atoms with Gasteiger partial charge in [0.05, 0.1) is 25.3 Å². The second-order valence-corrected chi connectivity index (χ2v) is 5.33. The fourth-order valence-electron chi connectivity index (χ4n) is 1.93. The molecule has 0 atom stereocenters. The third kappa shape index (κ3) is 5.96. The SMILES string of the molecule is COC(=O)c1cc(C)nc(C)c1.COC(=O)c1cc(C)nc(Cl)c1. The first-order valence-electron chi connectivity index (χ1n) is 7.03. The van der Waals surface area contributed by atoms with Gasteiger partial charge in [0, 0.05) is 17.1 Å². The predicted octanol–water partition coefficient (Wildman–Crippen LogP) is 3.32. The Morgan fingerprint density at radius 1 is 0.792 bits per heavy atom. The summed E-state index contributed by atoms with van der Waals surface area (Å²) in [6, 6.07) is 6.51. The fourth-order valence-corrected chi connectivity index (χ4v) is 2.18. The topological polar surface area (TPSA) is 78.4 Å². The fraction of sp³-hybridized carbons (Fsp3) is 0.294. The molecule has 24 heavy (non-hydrogen) atoms. The Bertz CT molecular complexity index is 643. The van der Waals surface area contributed by atoms with Crippen molar-refractivity contribution in [2.24, 2.45) is 0 Å². The van der Waals surface area contributed by atoms with Gasteiger partial charge in [0.1, 0.15) is 5.15 Å². The molecule has 0 aliphatic heterocycles. The number of carbonyl (C=O) groups excluding carboxylic acids is 2. The number of carbonyl (C=O) groups is 2. The average molecular weight is 351 g/mol. The van der Waals surface area contributed by atoms with Gasteiger partial charge in [0.25, 0.3) is 0 Å². The van der Waals surface area contributed by atoms with Crippen molar-refractivity contribution in [1.82, 2.24) is 9.97 Å². The Morgan fingerprint density at radius 3 is 1.54 bits per heavy atom. The standard InChI is InChI=1S/C9H11NO2.C8H8ClNO2/c1-6-4-8(9(11)12-3)5-7(2)10-6;1-5-3-6(8(11)12-2)4-7(9)10-5/h4-5H,1-3H3;3-4H,1-2H3. The van der Waals surface area contributed by atoms with Crippen molar-refractivity contribution in [3.63, 3.8) is 0 Å². The number of nitrogens with zero attached hydrogens (tertiary/aromatic N) is 2. The summed E-state index contributed by atoms with van der Waals surface area (Å²) in [5.41, 5.74) is 3.34. The number of hydrogen-bond acceptors (Lipinski definition) is 6. The highest BCUT2D eigenvalue weighted by atomic mass is 35.5. The summed E-state index contributed by atoms with van der Waals surface area (Å²) in [5.74, 6) is -0.717. The highest BCUT2D eigenvalue weighted by molar-refractivity contribution is 6.29. The molecular formula is C17H19ClN2O4. The van der Waals surface area contributed by atoms with Gasteiger partial charge < -0.3 is 9.47 Å². The quantitative estimate of drug-likeness (QED) is 0.610. The van der Waals surface area contributed by atoms with Crippen LogP contribution in [0.25, 0.3) is 0 Å². The Labute approximate surface area is 145 Å². The molecule has 2 aromatic rings. The predicted molar refractivity (Wildman–Crippen MR) is 90.4 cm³/mol. The lowest BCUT2D eigenvalue weighted by Crippen LogP contribution is -2.03. The van der Waals surface area contributed by atoms with Crippen molar-refractivity contribution >= 4 is 23.5 Å². The van der Waals surface area contributed by atoms with Crippen LogP contribution in [0.5, 0.6) is 0 Å². The Morgan fingerprint density at radius 2 is 1.17 bits per heavy atom. The van der Waals surface area contributed by atoms with Crippen LogP contribution in [-0.2, 0) is 9.47 Å². The van der Waals surface area contributed by atoms with Gasteiger partial charge in [-0.15, -0.1) is 0 Å². The van der Waals surface area contributed by atoms with E-state index in [9.17, 15) is 9.59 Å². The van der Waals surface area contributed by atoms with Crippen molar-refractivity contribution < 1.29 is 19.1 Å². The van der Waals surface area contributed by atoms with E-state index >= 15 is 0 Å². The number of hydrogen-bond donors (Lipinski definition) is 0. The van der Waals surface area contributed by atoms with E-state index in [2.05, 4.69) is 19.4 Å². The van der Waals surface area contributed by atoms with Crippen LogP contribution in [0.2, 0.25) is 5.15 Å². The Hall–Kier alpha value is -2.47. The van der Waals surface area contributed by atoms with Crippen LogP contribution < -0.4 is 0 Å². The first kappa shape index (κ1) is 19.6. The zero-order chi connectivity index (χ0) is 18.3. The molecule has 0 amide bonds. The molecule has 0 aliphatic carbocycles. The van der Waals surface area contributed by atoms with Gasteiger partial charge in [-0.05, 0) is 45.0 Å². The number of aryl methyl sites for hydroxylation is 3. The number of rotatable bonds is 2. The summed E-state index contributed by atoms with van der Waals surface area (Å²) in [6.07, 6.45) is 0. The van der Waals surface area contributed by atoms with Gasteiger partial charge in [-0.1, -0.05) is 11.6 Å². The molecule has 0 aliphatic rings. The van der Waals surface area contributed by atoms with Crippen LogP contribution in [0.4, 0.5) is 0 Å². The third-order valence-electron chi connectivity index (χ3n) is 2.85. The van der Waals surface area contributed by atoms with Crippen LogP contribution in [0, 0.1) is 20.8 Å². The number of aromatic nitrogens is 2. The first-order valence-corrected chi connectivity index (χ1v) is 7.40. The van der Waals surface area contributed by atoms with Gasteiger partial charge >= 0.3 is 11.9 Å². The molecule has 0 bridgehead atoms. The van der Waals surface area contributed by atoms with E-state index in [0.29, 0.717) is 22.0 Å². The molecule has 0 saturated carbocycles. The highest BCUT2D eigenvalue weighted by Crippen LogP contribution is 2.10. The Balaban J connectivity index is 0.000000240. The lowest BCUT2D eigenvalue weighted by molar-refractivity contribution is 0.0591. The molecule has 2 aromatic heterocycles. The van der Waals surface area contributed by atoms with Crippen molar-refractivity contribution in [3.05, 3.63) is 57.6 Å². The molecule has 2 rings (SSSR count). The summed E-state index contributed by atoms with van der Waals surface area (Å²) in [4.78, 5) is 30.1. The van der Waals surface area contributed by atoms with Crippen LogP contribution in [0.1, 0.15) is 37.8 Å². The normalized spacial score (nSPS) is 9.58. The molecule has 0 aromatic carbocycles. The van der Waals surface area contributed by atoms with E-state index in [1.165, 1.54) is 20.3 Å². The van der Waals surface area contributed by atoms with Crippen molar-refractivity contribution in [1.29, 1.82) is 0 Å². The highest BCUT2D eigenvalue weighted by Gasteiger charge is 2.07. The molecule has 0 radical (unpaired) electrons. The zero-order valence-corrected chi connectivity index (χ0v) is 15.0. The zero-order valence-electron chi connectivity index (χ0n) is 14.2. The molecule has 128 valence electrons. The molecule has 6 nitrogen and oxygen atoms in total. The average Bonchev–Trinajstić information content (AvgIpc) is 2.52. The van der Waals surface area contributed by atoms with Gasteiger partial charge in [-0.25, -0.2) is 14.6 Å². The van der Waals surface area contributed by atoms with Crippen molar-refractivity contribution in [2.45, 2.75) is 20.8 Å². The minimum Gasteiger partial charge on any atom is -0.465 e. The van der Waals surface area contributed by atoms with E-state index in [0.717, 1.165) is 11.4 Å². The maximum atomic E-state index is 11.1. The van der Waals surface area contributed by atoms with Crippen LogP contribution in [0.15, 0.2) is 24.3 Å². The van der Waals surface area contributed by atoms with E-state index in [4.69, 9.17) is 11.6 Å². The van der Waals surface area contributed by atoms with Crippen molar-refractivity contribution in [2.75, 3.05) is 14.2 Å². The smallest absolute Gasteiger partial charge is 0.338 e. The molecule has 0 N–H and O–H groups in total. The largest absolute Gasteiger partial charge is 0.465 e. The summed E-state index contributed by atoms with van der Waals surface area (Å²) >= 11 is 5.63. The first-order chi connectivity index (χ1) is 11.3. The van der Waals surface area contributed by atoms with Gasteiger partial charge in [-0.3, -0.25) is 4.98 Å². The van der Waals surface area contributed by atoms with Crippen molar-refractivity contribution in [3.8, 4) is 0 Å². The molecule has 0 saturated heterocycles. The molecule has 7 heteroatoms. The summed E-state index contributed by atoms with van der Waals surface area (Å²) in [5, 5.41) is 0.301. The number of halogens is 1. The number of pyridine rings is 2. The minimum absolute atomic E-state index is 0.301. The van der Waals surface area contributed by atoms with Crippen LogP contribution in [-0.4, -0.2) is 36.1 Å². The lowest BCUT2D eigenvalue weighted by atomic mass is 10.2. The van der Waals surface area contributed by atoms with Crippen LogP contribution >= 0.6 is 11.6 Å².